The maximum atomic E-state index is 12.4. The predicted octanol–water partition coefficient (Wildman–Crippen LogP) is 2.46. The van der Waals surface area contributed by atoms with Gasteiger partial charge in [0.25, 0.3) is 0 Å². The summed E-state index contributed by atoms with van der Waals surface area (Å²) in [5, 5.41) is 3.37. The Morgan fingerprint density at radius 2 is 1.63 bits per heavy atom. The molecule has 0 saturated heterocycles. The van der Waals surface area contributed by atoms with Crippen molar-refractivity contribution in [2.45, 2.75) is 6.18 Å². The minimum Gasteiger partial charge on any atom is -0.323 e. The molecular weight excluding hydrogens is 257 g/mol. The molecule has 0 unspecified atom stereocenters. The Bertz CT molecular complexity index is 573. The zero-order chi connectivity index (χ0) is 13.9. The van der Waals surface area contributed by atoms with Crippen molar-refractivity contribution in [3.63, 3.8) is 0 Å². The van der Waals surface area contributed by atoms with Crippen LogP contribution in [0.25, 0.3) is 11.4 Å². The van der Waals surface area contributed by atoms with Gasteiger partial charge in [0.05, 0.1) is 11.8 Å². The molecule has 0 aliphatic carbocycles. The normalized spacial score (nSPS) is 11.9. The molecule has 4 nitrogen and oxygen atoms in total. The zero-order valence-corrected chi connectivity index (χ0v) is 9.59. The summed E-state index contributed by atoms with van der Waals surface area (Å²) in [4.78, 5) is 7.40. The second-order valence-corrected chi connectivity index (χ2v) is 3.69. The highest BCUT2D eigenvalue weighted by atomic mass is 19.4. The molecule has 0 bridgehead atoms. The number of halogens is 3. The van der Waals surface area contributed by atoms with Crippen LogP contribution in [0.2, 0.25) is 0 Å². The summed E-state index contributed by atoms with van der Waals surface area (Å²) >= 11 is 0. The molecule has 0 spiro atoms. The number of nitrogens with two attached hydrogens (primary N) is 1. The molecule has 0 aliphatic heterocycles. The van der Waals surface area contributed by atoms with E-state index in [2.05, 4.69) is 15.1 Å². The highest BCUT2D eigenvalue weighted by Crippen LogP contribution is 2.28. The Morgan fingerprint density at radius 3 is 2.11 bits per heavy atom. The van der Waals surface area contributed by atoms with Crippen LogP contribution in [0, 0.1) is 0 Å². The first kappa shape index (κ1) is 13.0. The lowest BCUT2D eigenvalue weighted by Gasteiger charge is -2.06. The number of nitrogens with zero attached hydrogens (tertiary/aromatic N) is 3. The second kappa shape index (κ2) is 5.05. The third kappa shape index (κ3) is 3.06. The molecule has 1 aromatic heterocycles. The van der Waals surface area contributed by atoms with Crippen LogP contribution in [0.1, 0.15) is 11.1 Å². The lowest BCUT2D eigenvalue weighted by molar-refractivity contribution is -0.138. The molecule has 1 aromatic carbocycles. The Hall–Kier alpha value is -2.44. The number of benzene rings is 1. The Balaban J connectivity index is 2.27. The van der Waals surface area contributed by atoms with Gasteiger partial charge in [0, 0.05) is 18.0 Å². The van der Waals surface area contributed by atoms with Gasteiger partial charge in [0.1, 0.15) is 0 Å². The fraction of sp³-hybridized carbons (Fsp3) is 0.0833. The van der Waals surface area contributed by atoms with Crippen LogP contribution in [-0.2, 0) is 6.18 Å². The van der Waals surface area contributed by atoms with Crippen molar-refractivity contribution in [3.8, 4) is 11.4 Å². The van der Waals surface area contributed by atoms with Gasteiger partial charge in [-0.05, 0) is 5.56 Å². The first-order chi connectivity index (χ1) is 9.00. The lowest BCUT2D eigenvalue weighted by Crippen LogP contribution is -2.06. The van der Waals surface area contributed by atoms with Gasteiger partial charge in [0.2, 0.25) is 0 Å². The van der Waals surface area contributed by atoms with Gasteiger partial charge in [0.15, 0.2) is 5.82 Å². The second-order valence-electron chi connectivity index (χ2n) is 3.69. The summed E-state index contributed by atoms with van der Waals surface area (Å²) in [6.07, 6.45) is -1.45. The summed E-state index contributed by atoms with van der Waals surface area (Å²) in [5.74, 6) is 5.23. The van der Waals surface area contributed by atoms with Crippen LogP contribution in [0.5, 0.6) is 0 Å². The SMILES string of the molecule is NN=Cc1ccc(-c2ncc(C(F)(F)F)cn2)cc1. The van der Waals surface area contributed by atoms with E-state index >= 15 is 0 Å². The van der Waals surface area contributed by atoms with Crippen LogP contribution >= 0.6 is 0 Å². The van der Waals surface area contributed by atoms with E-state index < -0.39 is 11.7 Å². The Morgan fingerprint density at radius 1 is 1.05 bits per heavy atom. The van der Waals surface area contributed by atoms with Gasteiger partial charge in [-0.2, -0.15) is 18.3 Å². The van der Waals surface area contributed by atoms with E-state index in [0.29, 0.717) is 5.56 Å². The van der Waals surface area contributed by atoms with E-state index in [1.54, 1.807) is 24.3 Å². The zero-order valence-electron chi connectivity index (χ0n) is 9.59. The topological polar surface area (TPSA) is 64.2 Å². The molecule has 0 atom stereocenters. The number of rotatable bonds is 2. The smallest absolute Gasteiger partial charge is 0.323 e. The van der Waals surface area contributed by atoms with E-state index in [1.807, 2.05) is 0 Å². The highest BCUT2D eigenvalue weighted by Gasteiger charge is 2.31. The van der Waals surface area contributed by atoms with Crippen LogP contribution in [0.3, 0.4) is 0 Å². The van der Waals surface area contributed by atoms with Crippen molar-refractivity contribution < 1.29 is 13.2 Å². The van der Waals surface area contributed by atoms with Gasteiger partial charge >= 0.3 is 6.18 Å². The van der Waals surface area contributed by atoms with Crippen molar-refractivity contribution in [2.75, 3.05) is 0 Å². The Kier molecular flexibility index (Phi) is 3.46. The Labute approximate surface area is 106 Å². The monoisotopic (exact) mass is 266 g/mol. The third-order valence-electron chi connectivity index (χ3n) is 2.37. The fourth-order valence-corrected chi connectivity index (χ4v) is 1.43. The number of hydrazone groups is 1. The molecule has 19 heavy (non-hydrogen) atoms. The van der Waals surface area contributed by atoms with Gasteiger partial charge in [-0.15, -0.1) is 0 Å². The van der Waals surface area contributed by atoms with E-state index in [9.17, 15) is 13.2 Å². The maximum Gasteiger partial charge on any atom is 0.419 e. The summed E-state index contributed by atoms with van der Waals surface area (Å²) < 4.78 is 37.1. The van der Waals surface area contributed by atoms with Crippen molar-refractivity contribution in [2.24, 2.45) is 10.9 Å². The molecule has 1 heterocycles. The number of alkyl halides is 3. The fourth-order valence-electron chi connectivity index (χ4n) is 1.43. The van der Waals surface area contributed by atoms with Crippen molar-refractivity contribution in [3.05, 3.63) is 47.8 Å². The molecule has 2 N–H and O–H groups in total. The summed E-state index contributed by atoms with van der Waals surface area (Å²) in [6.45, 7) is 0. The van der Waals surface area contributed by atoms with E-state index in [-0.39, 0.29) is 5.82 Å². The molecule has 7 heteroatoms. The highest BCUT2D eigenvalue weighted by molar-refractivity contribution is 5.80. The van der Waals surface area contributed by atoms with Gasteiger partial charge < -0.3 is 5.84 Å². The van der Waals surface area contributed by atoms with Crippen LogP contribution in [0.4, 0.5) is 13.2 Å². The molecule has 98 valence electrons. The first-order valence-electron chi connectivity index (χ1n) is 5.23. The maximum absolute atomic E-state index is 12.4. The first-order valence-corrected chi connectivity index (χ1v) is 5.23. The van der Waals surface area contributed by atoms with E-state index in [0.717, 1.165) is 18.0 Å². The number of aromatic nitrogens is 2. The molecule has 0 amide bonds. The number of hydrogen-bond donors (Lipinski definition) is 1. The van der Waals surface area contributed by atoms with Crippen LogP contribution < -0.4 is 5.84 Å². The molecule has 0 saturated carbocycles. The molecule has 2 aromatic rings. The minimum atomic E-state index is -4.43. The van der Waals surface area contributed by atoms with Crippen molar-refractivity contribution in [1.82, 2.24) is 9.97 Å². The summed E-state index contributed by atoms with van der Waals surface area (Å²) in [5.41, 5.74) is 0.518. The lowest BCUT2D eigenvalue weighted by atomic mass is 10.1. The van der Waals surface area contributed by atoms with Crippen molar-refractivity contribution >= 4 is 6.21 Å². The van der Waals surface area contributed by atoms with Gasteiger partial charge in [-0.25, -0.2) is 9.97 Å². The van der Waals surface area contributed by atoms with Crippen LogP contribution in [-0.4, -0.2) is 16.2 Å². The minimum absolute atomic E-state index is 0.226. The molecule has 2 rings (SSSR count). The standard InChI is InChI=1S/C12H9F3N4/c13-12(14,15)10-6-17-11(18-7-10)9-3-1-8(2-4-9)5-19-16/h1-7H,16H2. The van der Waals surface area contributed by atoms with Crippen molar-refractivity contribution in [1.29, 1.82) is 0 Å². The largest absolute Gasteiger partial charge is 0.419 e. The van der Waals surface area contributed by atoms with E-state index in [4.69, 9.17) is 5.84 Å². The number of hydrogen-bond acceptors (Lipinski definition) is 4. The summed E-state index contributed by atoms with van der Waals surface area (Å²) in [7, 11) is 0. The van der Waals surface area contributed by atoms with E-state index in [1.165, 1.54) is 6.21 Å². The molecular formula is C12H9F3N4. The van der Waals surface area contributed by atoms with Gasteiger partial charge in [-0.1, -0.05) is 24.3 Å². The molecule has 0 radical (unpaired) electrons. The molecule has 0 fully saturated rings. The van der Waals surface area contributed by atoms with Crippen LogP contribution in [0.15, 0.2) is 41.8 Å². The van der Waals surface area contributed by atoms with Gasteiger partial charge in [-0.3, -0.25) is 0 Å². The average Bonchev–Trinajstić information content (AvgIpc) is 2.39. The average molecular weight is 266 g/mol. The molecule has 0 aliphatic rings. The predicted molar refractivity (Wildman–Crippen MR) is 64.3 cm³/mol. The summed E-state index contributed by atoms with van der Waals surface area (Å²) in [6, 6.07) is 6.79. The third-order valence-corrected chi connectivity index (χ3v) is 2.37. The quantitative estimate of drug-likeness (QED) is 0.516.